The van der Waals surface area contributed by atoms with E-state index in [4.69, 9.17) is 15.2 Å². The van der Waals surface area contributed by atoms with Gasteiger partial charge >= 0.3 is 0 Å². The van der Waals surface area contributed by atoms with Crippen molar-refractivity contribution in [1.82, 2.24) is 5.32 Å². The van der Waals surface area contributed by atoms with Crippen molar-refractivity contribution in [1.29, 1.82) is 0 Å². The lowest BCUT2D eigenvalue weighted by atomic mass is 10.1. The summed E-state index contributed by atoms with van der Waals surface area (Å²) in [5.41, 5.74) is 6.28. The van der Waals surface area contributed by atoms with E-state index in [9.17, 15) is 4.79 Å². The summed E-state index contributed by atoms with van der Waals surface area (Å²) < 4.78 is 10.4. The lowest BCUT2D eigenvalue weighted by Crippen LogP contribution is -2.40. The highest BCUT2D eigenvalue weighted by molar-refractivity contribution is 5.94. The smallest absolute Gasteiger partial charge is 0.251 e. The maximum Gasteiger partial charge on any atom is 0.251 e. The highest BCUT2D eigenvalue weighted by atomic mass is 35.5. The summed E-state index contributed by atoms with van der Waals surface area (Å²) in [6, 6.07) is 7.16. The van der Waals surface area contributed by atoms with Crippen LogP contribution in [0.2, 0.25) is 0 Å². The van der Waals surface area contributed by atoms with Gasteiger partial charge in [-0.2, -0.15) is 0 Å². The minimum Gasteiger partial charge on any atom is -0.491 e. The number of rotatable bonds is 10. The van der Waals surface area contributed by atoms with Gasteiger partial charge in [0.2, 0.25) is 0 Å². The standard InChI is InChI=1S/C16H26N2O3.ClH/c1-3-4-7-14(12-17)18-16(19)13-6-5-8-15(11-13)21-10-9-20-2;/h5-6,8,11,14H,3-4,7,9-10,12,17H2,1-2H3,(H,18,19);1H. The molecule has 1 unspecified atom stereocenters. The van der Waals surface area contributed by atoms with Gasteiger partial charge in [0.15, 0.2) is 0 Å². The zero-order valence-corrected chi connectivity index (χ0v) is 14.2. The van der Waals surface area contributed by atoms with Gasteiger partial charge in [-0.05, 0) is 24.6 Å². The lowest BCUT2D eigenvalue weighted by molar-refractivity contribution is 0.0935. The van der Waals surface area contributed by atoms with Gasteiger partial charge in [-0.15, -0.1) is 12.4 Å². The fraction of sp³-hybridized carbons (Fsp3) is 0.562. The highest BCUT2D eigenvalue weighted by Gasteiger charge is 2.12. The molecule has 1 aromatic carbocycles. The molecule has 1 atom stereocenters. The Hall–Kier alpha value is -1.30. The van der Waals surface area contributed by atoms with Crippen LogP contribution in [0.4, 0.5) is 0 Å². The van der Waals surface area contributed by atoms with Gasteiger partial charge in [-0.25, -0.2) is 0 Å². The van der Waals surface area contributed by atoms with Crippen LogP contribution in [-0.4, -0.2) is 38.8 Å². The maximum absolute atomic E-state index is 12.2. The largest absolute Gasteiger partial charge is 0.491 e. The van der Waals surface area contributed by atoms with Crippen LogP contribution in [0.3, 0.4) is 0 Å². The molecule has 0 aromatic heterocycles. The molecule has 3 N–H and O–H groups in total. The van der Waals surface area contributed by atoms with Gasteiger partial charge in [-0.1, -0.05) is 25.8 Å². The number of carbonyl (C=O) groups excluding carboxylic acids is 1. The average Bonchev–Trinajstić information content (AvgIpc) is 2.51. The van der Waals surface area contributed by atoms with Gasteiger partial charge in [0.25, 0.3) is 5.91 Å². The Morgan fingerprint density at radius 1 is 1.36 bits per heavy atom. The van der Waals surface area contributed by atoms with Crippen LogP contribution in [-0.2, 0) is 4.74 Å². The number of nitrogens with two attached hydrogens (primary N) is 1. The van der Waals surface area contributed by atoms with Crippen molar-refractivity contribution in [2.24, 2.45) is 5.73 Å². The second kappa shape index (κ2) is 12.3. The number of hydrogen-bond donors (Lipinski definition) is 2. The molecule has 0 saturated carbocycles. The summed E-state index contributed by atoms with van der Waals surface area (Å²) in [6.45, 7) is 3.55. The van der Waals surface area contributed by atoms with Crippen molar-refractivity contribution in [3.63, 3.8) is 0 Å². The average molecular weight is 331 g/mol. The van der Waals surface area contributed by atoms with Crippen LogP contribution in [0.15, 0.2) is 24.3 Å². The van der Waals surface area contributed by atoms with Gasteiger partial charge in [0.05, 0.1) is 6.61 Å². The molecule has 1 rings (SSSR count). The second-order valence-electron chi connectivity index (χ2n) is 4.92. The number of carbonyl (C=O) groups is 1. The predicted molar refractivity (Wildman–Crippen MR) is 90.9 cm³/mol. The van der Waals surface area contributed by atoms with Crippen molar-refractivity contribution in [2.75, 3.05) is 26.9 Å². The molecule has 0 spiro atoms. The van der Waals surface area contributed by atoms with E-state index in [0.717, 1.165) is 19.3 Å². The zero-order valence-electron chi connectivity index (χ0n) is 13.3. The predicted octanol–water partition coefficient (Wildman–Crippen LogP) is 2.38. The van der Waals surface area contributed by atoms with Gasteiger partial charge in [0.1, 0.15) is 12.4 Å². The Morgan fingerprint density at radius 3 is 2.77 bits per heavy atom. The maximum atomic E-state index is 12.2. The SMILES string of the molecule is CCCCC(CN)NC(=O)c1cccc(OCCOC)c1.Cl. The topological polar surface area (TPSA) is 73.6 Å². The van der Waals surface area contributed by atoms with E-state index in [2.05, 4.69) is 12.2 Å². The Morgan fingerprint density at radius 2 is 2.14 bits per heavy atom. The van der Waals surface area contributed by atoms with E-state index in [1.807, 2.05) is 6.07 Å². The van der Waals surface area contributed by atoms with E-state index in [0.29, 0.717) is 31.1 Å². The van der Waals surface area contributed by atoms with Crippen LogP contribution >= 0.6 is 12.4 Å². The summed E-state index contributed by atoms with van der Waals surface area (Å²) in [4.78, 5) is 12.2. The van der Waals surface area contributed by atoms with Crippen LogP contribution < -0.4 is 15.8 Å². The molecule has 0 aliphatic carbocycles. The van der Waals surface area contributed by atoms with E-state index >= 15 is 0 Å². The fourth-order valence-corrected chi connectivity index (χ4v) is 1.94. The molecule has 1 aromatic rings. The summed E-state index contributed by atoms with van der Waals surface area (Å²) in [5.74, 6) is 0.552. The molecule has 0 aliphatic rings. The molecule has 1 amide bonds. The summed E-state index contributed by atoms with van der Waals surface area (Å²) in [5, 5.41) is 2.97. The first-order valence-electron chi connectivity index (χ1n) is 7.44. The molecule has 5 nitrogen and oxygen atoms in total. The molecule has 126 valence electrons. The molecule has 22 heavy (non-hydrogen) atoms. The number of benzene rings is 1. The molecule has 0 fully saturated rings. The van der Waals surface area contributed by atoms with E-state index < -0.39 is 0 Å². The molecule has 0 heterocycles. The van der Waals surface area contributed by atoms with Crippen molar-refractivity contribution in [2.45, 2.75) is 32.2 Å². The Labute approximate surface area is 139 Å². The number of hydrogen-bond acceptors (Lipinski definition) is 4. The third-order valence-corrected chi connectivity index (χ3v) is 3.18. The second-order valence-corrected chi connectivity index (χ2v) is 4.92. The number of amides is 1. The highest BCUT2D eigenvalue weighted by Crippen LogP contribution is 2.13. The minimum atomic E-state index is -0.112. The molecule has 0 saturated heterocycles. The minimum absolute atomic E-state index is 0. The summed E-state index contributed by atoms with van der Waals surface area (Å²) >= 11 is 0. The summed E-state index contributed by atoms with van der Waals surface area (Å²) in [6.07, 6.45) is 3.06. The van der Waals surface area contributed by atoms with E-state index in [-0.39, 0.29) is 24.4 Å². The first kappa shape index (κ1) is 20.7. The normalized spacial score (nSPS) is 11.4. The van der Waals surface area contributed by atoms with Gasteiger partial charge < -0.3 is 20.5 Å². The van der Waals surface area contributed by atoms with E-state index in [1.54, 1.807) is 25.3 Å². The van der Waals surface area contributed by atoms with Crippen molar-refractivity contribution < 1.29 is 14.3 Å². The van der Waals surface area contributed by atoms with Crippen molar-refractivity contribution >= 4 is 18.3 Å². The quantitative estimate of drug-likeness (QED) is 0.646. The number of unbranched alkanes of at least 4 members (excludes halogenated alkanes) is 1. The first-order valence-corrected chi connectivity index (χ1v) is 7.44. The first-order chi connectivity index (χ1) is 10.2. The van der Waals surface area contributed by atoms with Crippen molar-refractivity contribution in [3.05, 3.63) is 29.8 Å². The third-order valence-electron chi connectivity index (χ3n) is 3.18. The van der Waals surface area contributed by atoms with Gasteiger partial charge in [0, 0.05) is 25.3 Å². The number of ether oxygens (including phenoxy) is 2. The third kappa shape index (κ3) is 7.64. The van der Waals surface area contributed by atoms with Gasteiger partial charge in [-0.3, -0.25) is 4.79 Å². The van der Waals surface area contributed by atoms with Crippen LogP contribution in [0, 0.1) is 0 Å². The van der Waals surface area contributed by atoms with Crippen LogP contribution in [0.25, 0.3) is 0 Å². The molecule has 0 bridgehead atoms. The van der Waals surface area contributed by atoms with Crippen LogP contribution in [0.5, 0.6) is 5.75 Å². The molecular weight excluding hydrogens is 304 g/mol. The fourth-order valence-electron chi connectivity index (χ4n) is 1.94. The Bertz CT molecular complexity index is 430. The molecular formula is C16H27ClN2O3. The Balaban J connectivity index is 0.00000441. The number of methoxy groups -OCH3 is 1. The van der Waals surface area contributed by atoms with Crippen LogP contribution in [0.1, 0.15) is 36.5 Å². The van der Waals surface area contributed by atoms with Crippen molar-refractivity contribution in [3.8, 4) is 5.75 Å². The summed E-state index contributed by atoms with van der Waals surface area (Å²) in [7, 11) is 1.62. The number of halogens is 1. The zero-order chi connectivity index (χ0) is 15.5. The molecule has 6 heteroatoms. The molecule has 0 aliphatic heterocycles. The molecule has 0 radical (unpaired) electrons. The monoisotopic (exact) mass is 330 g/mol. The number of nitrogens with one attached hydrogen (secondary N) is 1. The Kier molecular flexibility index (Phi) is 11.5. The lowest BCUT2D eigenvalue weighted by Gasteiger charge is -2.16. The van der Waals surface area contributed by atoms with E-state index in [1.165, 1.54) is 0 Å².